The molecule has 0 aromatic heterocycles. The highest BCUT2D eigenvalue weighted by Crippen LogP contribution is 2.29. The Balaban J connectivity index is 1.80. The summed E-state index contributed by atoms with van der Waals surface area (Å²) < 4.78 is 0.923. The Morgan fingerprint density at radius 3 is 2.25 bits per heavy atom. The van der Waals surface area contributed by atoms with Crippen molar-refractivity contribution >= 4 is 56.2 Å². The fraction of sp³-hybridized carbons (Fsp3) is 0. The molecule has 0 aliphatic carbocycles. The summed E-state index contributed by atoms with van der Waals surface area (Å²) in [5.41, 5.74) is 3.92. The molecule has 0 aliphatic heterocycles. The van der Waals surface area contributed by atoms with Crippen LogP contribution in [-0.4, -0.2) is 5.11 Å². The summed E-state index contributed by atoms with van der Waals surface area (Å²) in [7, 11) is 0. The van der Waals surface area contributed by atoms with Crippen LogP contribution in [0.25, 0.3) is 11.1 Å². The molecule has 0 spiro atoms. The van der Waals surface area contributed by atoms with Gasteiger partial charge in [-0.2, -0.15) is 0 Å². The summed E-state index contributed by atoms with van der Waals surface area (Å²) in [5, 5.41) is 7.47. The zero-order valence-corrected chi connectivity index (χ0v) is 15.8. The predicted octanol–water partition coefficient (Wildman–Crippen LogP) is 6.58. The number of para-hydroxylation sites is 1. The minimum absolute atomic E-state index is 0.489. The summed E-state index contributed by atoms with van der Waals surface area (Å²) >= 11 is 15.0. The van der Waals surface area contributed by atoms with Crippen molar-refractivity contribution < 1.29 is 0 Å². The molecule has 2 nitrogen and oxygen atoms in total. The van der Waals surface area contributed by atoms with Gasteiger partial charge < -0.3 is 10.6 Å². The van der Waals surface area contributed by atoms with Crippen LogP contribution in [-0.2, 0) is 0 Å². The monoisotopic (exact) mass is 416 g/mol. The predicted molar refractivity (Wildman–Crippen MR) is 111 cm³/mol. The highest BCUT2D eigenvalue weighted by Gasteiger charge is 2.07. The third-order valence-electron chi connectivity index (χ3n) is 3.44. The largest absolute Gasteiger partial charge is 0.332 e. The Morgan fingerprint density at radius 2 is 1.50 bits per heavy atom. The third-order valence-corrected chi connectivity index (χ3v) is 4.45. The van der Waals surface area contributed by atoms with Gasteiger partial charge in [0.05, 0.1) is 10.7 Å². The van der Waals surface area contributed by atoms with E-state index in [1.807, 2.05) is 54.6 Å². The second kappa shape index (κ2) is 7.79. The lowest BCUT2D eigenvalue weighted by molar-refractivity contribution is 1.56. The van der Waals surface area contributed by atoms with Gasteiger partial charge in [-0.15, -0.1) is 0 Å². The van der Waals surface area contributed by atoms with E-state index in [0.717, 1.165) is 27.0 Å². The second-order valence-corrected chi connectivity index (χ2v) is 6.85. The van der Waals surface area contributed by atoms with Gasteiger partial charge in [-0.05, 0) is 42.0 Å². The molecule has 2 N–H and O–H groups in total. The number of benzene rings is 3. The Kier molecular flexibility index (Phi) is 5.51. The average molecular weight is 418 g/mol. The number of hydrogen-bond donors (Lipinski definition) is 2. The second-order valence-electron chi connectivity index (χ2n) is 5.11. The number of rotatable bonds is 3. The van der Waals surface area contributed by atoms with E-state index in [0.29, 0.717) is 10.1 Å². The van der Waals surface area contributed by atoms with Crippen LogP contribution in [0.4, 0.5) is 11.4 Å². The molecule has 0 atom stereocenters. The summed E-state index contributed by atoms with van der Waals surface area (Å²) in [6, 6.07) is 23.8. The summed E-state index contributed by atoms with van der Waals surface area (Å²) in [6.07, 6.45) is 0. The maximum atomic E-state index is 6.22. The van der Waals surface area contributed by atoms with E-state index in [-0.39, 0.29) is 0 Å². The first-order valence-electron chi connectivity index (χ1n) is 7.31. The van der Waals surface area contributed by atoms with Crippen LogP contribution in [0.3, 0.4) is 0 Å². The average Bonchev–Trinajstić information content (AvgIpc) is 2.59. The Labute approximate surface area is 160 Å². The molecule has 0 radical (unpaired) electrons. The van der Waals surface area contributed by atoms with Gasteiger partial charge >= 0.3 is 0 Å². The van der Waals surface area contributed by atoms with Crippen molar-refractivity contribution in [2.45, 2.75) is 0 Å². The SMILES string of the molecule is S=C(Nc1ccc(Br)cc1Cl)Nc1ccccc1-c1ccccc1. The lowest BCUT2D eigenvalue weighted by Crippen LogP contribution is -2.19. The summed E-state index contributed by atoms with van der Waals surface area (Å²) in [4.78, 5) is 0. The molecule has 3 rings (SSSR count). The molecule has 3 aromatic carbocycles. The molecule has 0 amide bonds. The lowest BCUT2D eigenvalue weighted by Gasteiger charge is -2.15. The van der Waals surface area contributed by atoms with Crippen molar-refractivity contribution in [2.75, 3.05) is 10.6 Å². The van der Waals surface area contributed by atoms with Gasteiger partial charge in [-0.3, -0.25) is 0 Å². The van der Waals surface area contributed by atoms with Crippen LogP contribution in [0.5, 0.6) is 0 Å². The van der Waals surface area contributed by atoms with E-state index in [1.54, 1.807) is 0 Å². The minimum atomic E-state index is 0.489. The van der Waals surface area contributed by atoms with Crippen molar-refractivity contribution in [1.82, 2.24) is 0 Å². The molecule has 0 bridgehead atoms. The van der Waals surface area contributed by atoms with E-state index in [9.17, 15) is 0 Å². The van der Waals surface area contributed by atoms with E-state index >= 15 is 0 Å². The third kappa shape index (κ3) is 4.15. The zero-order chi connectivity index (χ0) is 16.9. The molecule has 0 saturated carbocycles. The number of thiocarbonyl (C=S) groups is 1. The minimum Gasteiger partial charge on any atom is -0.332 e. The van der Waals surface area contributed by atoms with Crippen molar-refractivity contribution in [1.29, 1.82) is 0 Å². The maximum absolute atomic E-state index is 6.22. The van der Waals surface area contributed by atoms with Crippen LogP contribution in [0.15, 0.2) is 77.3 Å². The molecular formula is C19H14BrClN2S. The Hall–Kier alpha value is -1.88. The van der Waals surface area contributed by atoms with Gasteiger partial charge in [0.2, 0.25) is 0 Å². The first-order valence-corrected chi connectivity index (χ1v) is 8.89. The zero-order valence-electron chi connectivity index (χ0n) is 12.6. The number of anilines is 2. The van der Waals surface area contributed by atoms with Crippen LogP contribution in [0.2, 0.25) is 5.02 Å². The molecule has 0 fully saturated rings. The van der Waals surface area contributed by atoms with E-state index in [2.05, 4.69) is 44.8 Å². The van der Waals surface area contributed by atoms with Crippen LogP contribution < -0.4 is 10.6 Å². The Morgan fingerprint density at radius 1 is 0.833 bits per heavy atom. The maximum Gasteiger partial charge on any atom is 0.175 e. The van der Waals surface area contributed by atoms with Gasteiger partial charge in [0, 0.05) is 15.7 Å². The van der Waals surface area contributed by atoms with Crippen LogP contribution >= 0.6 is 39.7 Å². The smallest absolute Gasteiger partial charge is 0.175 e. The van der Waals surface area contributed by atoms with Crippen molar-refractivity contribution in [3.8, 4) is 11.1 Å². The number of halogens is 2. The first kappa shape index (κ1) is 17.0. The molecule has 0 aliphatic rings. The van der Waals surface area contributed by atoms with Gasteiger partial charge in [-0.25, -0.2) is 0 Å². The molecule has 0 saturated heterocycles. The van der Waals surface area contributed by atoms with Crippen LogP contribution in [0.1, 0.15) is 0 Å². The van der Waals surface area contributed by atoms with Crippen molar-refractivity contribution in [3.63, 3.8) is 0 Å². The fourth-order valence-electron chi connectivity index (χ4n) is 2.33. The first-order chi connectivity index (χ1) is 11.6. The highest BCUT2D eigenvalue weighted by atomic mass is 79.9. The fourth-order valence-corrected chi connectivity index (χ4v) is 3.27. The Bertz CT molecular complexity index is 868. The quantitative estimate of drug-likeness (QED) is 0.471. The lowest BCUT2D eigenvalue weighted by atomic mass is 10.0. The molecular weight excluding hydrogens is 404 g/mol. The topological polar surface area (TPSA) is 24.1 Å². The van der Waals surface area contributed by atoms with E-state index in [4.69, 9.17) is 23.8 Å². The van der Waals surface area contributed by atoms with Crippen molar-refractivity contribution in [3.05, 3.63) is 82.3 Å². The van der Waals surface area contributed by atoms with Gasteiger partial charge in [0.15, 0.2) is 5.11 Å². The van der Waals surface area contributed by atoms with Gasteiger partial charge in [-0.1, -0.05) is 76.1 Å². The standard InChI is InChI=1S/C19H14BrClN2S/c20-14-10-11-18(16(21)12-14)23-19(24)22-17-9-5-4-8-15(17)13-6-2-1-3-7-13/h1-12H,(H2,22,23,24). The summed E-state index contributed by atoms with van der Waals surface area (Å²) in [6.45, 7) is 0. The number of hydrogen-bond acceptors (Lipinski definition) is 1. The normalized spacial score (nSPS) is 10.2. The van der Waals surface area contributed by atoms with Crippen molar-refractivity contribution in [2.24, 2.45) is 0 Å². The molecule has 0 heterocycles. The summed E-state index contributed by atoms with van der Waals surface area (Å²) in [5.74, 6) is 0. The molecule has 120 valence electrons. The van der Waals surface area contributed by atoms with E-state index < -0.39 is 0 Å². The van der Waals surface area contributed by atoms with E-state index in [1.165, 1.54) is 0 Å². The molecule has 5 heteroatoms. The molecule has 0 unspecified atom stereocenters. The van der Waals surface area contributed by atoms with Crippen LogP contribution in [0, 0.1) is 0 Å². The highest BCUT2D eigenvalue weighted by molar-refractivity contribution is 9.10. The molecule has 24 heavy (non-hydrogen) atoms. The van der Waals surface area contributed by atoms with Gasteiger partial charge in [0.25, 0.3) is 0 Å². The number of nitrogens with one attached hydrogen (secondary N) is 2. The molecule has 3 aromatic rings. The van der Waals surface area contributed by atoms with Gasteiger partial charge in [0.1, 0.15) is 0 Å².